The molecule has 2 N–H and O–H groups in total. The van der Waals surface area contributed by atoms with Crippen LogP contribution in [0.5, 0.6) is 5.75 Å². The van der Waals surface area contributed by atoms with E-state index in [1.54, 1.807) is 17.4 Å². The van der Waals surface area contributed by atoms with E-state index in [1.165, 1.54) is 4.88 Å². The average molecular weight is 268 g/mol. The van der Waals surface area contributed by atoms with Gasteiger partial charge in [-0.2, -0.15) is 0 Å². The van der Waals surface area contributed by atoms with E-state index in [0.29, 0.717) is 11.6 Å². The first-order valence-corrected chi connectivity index (χ1v) is 6.66. The van der Waals surface area contributed by atoms with E-state index < -0.39 is 0 Å². The van der Waals surface area contributed by atoms with Crippen LogP contribution in [-0.4, -0.2) is 12.6 Å². The van der Waals surface area contributed by atoms with E-state index in [1.807, 2.05) is 24.3 Å². The summed E-state index contributed by atoms with van der Waals surface area (Å²) in [4.78, 5) is 1.28. The van der Waals surface area contributed by atoms with Crippen LogP contribution >= 0.6 is 22.9 Å². The van der Waals surface area contributed by atoms with Crippen molar-refractivity contribution in [1.29, 1.82) is 0 Å². The molecule has 1 heterocycles. The van der Waals surface area contributed by atoms with Crippen molar-refractivity contribution >= 4 is 22.9 Å². The Balaban J connectivity index is 1.82. The summed E-state index contributed by atoms with van der Waals surface area (Å²) in [6.45, 7) is 0.498. The molecule has 0 aliphatic rings. The minimum atomic E-state index is 0.00707. The predicted molar refractivity (Wildman–Crippen MR) is 72.9 cm³/mol. The van der Waals surface area contributed by atoms with Crippen LogP contribution in [0, 0.1) is 0 Å². The van der Waals surface area contributed by atoms with Gasteiger partial charge < -0.3 is 10.5 Å². The van der Waals surface area contributed by atoms with Crippen LogP contribution in [0.1, 0.15) is 4.88 Å². The molecule has 1 aromatic carbocycles. The number of halogens is 1. The molecular formula is C13H14ClNOS. The van der Waals surface area contributed by atoms with Crippen molar-refractivity contribution in [2.24, 2.45) is 5.73 Å². The van der Waals surface area contributed by atoms with E-state index in [0.717, 1.165) is 12.2 Å². The summed E-state index contributed by atoms with van der Waals surface area (Å²) in [5.41, 5.74) is 6.00. The first kappa shape index (κ1) is 12.4. The summed E-state index contributed by atoms with van der Waals surface area (Å²) >= 11 is 7.58. The zero-order valence-electron chi connectivity index (χ0n) is 9.30. The maximum absolute atomic E-state index is 6.00. The quantitative estimate of drug-likeness (QED) is 0.902. The Morgan fingerprint density at radius 3 is 2.88 bits per heavy atom. The van der Waals surface area contributed by atoms with Gasteiger partial charge in [-0.1, -0.05) is 23.7 Å². The van der Waals surface area contributed by atoms with Crippen LogP contribution in [-0.2, 0) is 6.42 Å². The van der Waals surface area contributed by atoms with Crippen LogP contribution < -0.4 is 10.5 Å². The third-order valence-electron chi connectivity index (χ3n) is 2.30. The van der Waals surface area contributed by atoms with Gasteiger partial charge in [0, 0.05) is 22.4 Å². The van der Waals surface area contributed by atoms with Crippen LogP contribution in [0.2, 0.25) is 5.02 Å². The number of benzene rings is 1. The summed E-state index contributed by atoms with van der Waals surface area (Å²) in [6, 6.07) is 11.5. The summed E-state index contributed by atoms with van der Waals surface area (Å²) in [5, 5.41) is 2.73. The number of nitrogens with two attached hydrogens (primary N) is 1. The fraction of sp³-hybridized carbons (Fsp3) is 0.231. The molecule has 0 bridgehead atoms. The van der Waals surface area contributed by atoms with E-state index >= 15 is 0 Å². The molecule has 1 aromatic heterocycles. The minimum absolute atomic E-state index is 0.00707. The molecule has 0 radical (unpaired) electrons. The molecule has 2 aromatic rings. The van der Waals surface area contributed by atoms with E-state index in [2.05, 4.69) is 11.4 Å². The van der Waals surface area contributed by atoms with Crippen LogP contribution in [0.4, 0.5) is 0 Å². The first-order valence-electron chi connectivity index (χ1n) is 5.40. The Morgan fingerprint density at radius 2 is 2.18 bits per heavy atom. The third-order valence-corrected chi connectivity index (χ3v) is 3.44. The molecule has 0 amide bonds. The zero-order valence-corrected chi connectivity index (χ0v) is 10.9. The largest absolute Gasteiger partial charge is 0.492 e. The molecule has 4 heteroatoms. The van der Waals surface area contributed by atoms with Gasteiger partial charge >= 0.3 is 0 Å². The molecule has 0 aliphatic heterocycles. The SMILES string of the molecule is NC(COc1cccc(Cl)c1)Cc1cccs1. The highest BCUT2D eigenvalue weighted by Gasteiger charge is 2.06. The zero-order chi connectivity index (χ0) is 12.1. The normalized spacial score (nSPS) is 12.4. The summed E-state index contributed by atoms with van der Waals surface area (Å²) in [5.74, 6) is 0.763. The van der Waals surface area contributed by atoms with Crippen molar-refractivity contribution in [3.8, 4) is 5.75 Å². The molecule has 0 fully saturated rings. The number of thiophene rings is 1. The van der Waals surface area contributed by atoms with Gasteiger partial charge in [-0.3, -0.25) is 0 Å². The monoisotopic (exact) mass is 267 g/mol. The summed E-state index contributed by atoms with van der Waals surface area (Å²) in [6.07, 6.45) is 0.845. The predicted octanol–water partition coefficient (Wildman–Crippen LogP) is 3.35. The molecule has 1 atom stereocenters. The second-order valence-corrected chi connectivity index (χ2v) is 5.28. The van der Waals surface area contributed by atoms with Gasteiger partial charge in [-0.25, -0.2) is 0 Å². The summed E-state index contributed by atoms with van der Waals surface area (Å²) in [7, 11) is 0. The highest BCUT2D eigenvalue weighted by molar-refractivity contribution is 7.09. The highest BCUT2D eigenvalue weighted by Crippen LogP contribution is 2.17. The molecule has 17 heavy (non-hydrogen) atoms. The number of hydrogen-bond acceptors (Lipinski definition) is 3. The van der Waals surface area contributed by atoms with Gasteiger partial charge in [0.2, 0.25) is 0 Å². The average Bonchev–Trinajstić information content (AvgIpc) is 2.79. The molecule has 2 rings (SSSR count). The van der Waals surface area contributed by atoms with Gasteiger partial charge in [0.05, 0.1) is 0 Å². The minimum Gasteiger partial charge on any atom is -0.492 e. The number of hydrogen-bond donors (Lipinski definition) is 1. The van der Waals surface area contributed by atoms with Crippen molar-refractivity contribution < 1.29 is 4.74 Å². The topological polar surface area (TPSA) is 35.2 Å². The van der Waals surface area contributed by atoms with Crippen LogP contribution in [0.15, 0.2) is 41.8 Å². The van der Waals surface area contributed by atoms with Gasteiger partial charge in [0.25, 0.3) is 0 Å². The lowest BCUT2D eigenvalue weighted by Gasteiger charge is -2.12. The fourth-order valence-corrected chi connectivity index (χ4v) is 2.49. The Morgan fingerprint density at radius 1 is 1.29 bits per heavy atom. The van der Waals surface area contributed by atoms with Gasteiger partial charge in [-0.15, -0.1) is 11.3 Å². The van der Waals surface area contributed by atoms with Crippen molar-refractivity contribution in [2.45, 2.75) is 12.5 Å². The van der Waals surface area contributed by atoms with E-state index in [-0.39, 0.29) is 6.04 Å². The van der Waals surface area contributed by atoms with Gasteiger partial charge in [0.1, 0.15) is 12.4 Å². The molecule has 0 spiro atoms. The van der Waals surface area contributed by atoms with Crippen molar-refractivity contribution in [1.82, 2.24) is 0 Å². The lowest BCUT2D eigenvalue weighted by atomic mass is 10.2. The van der Waals surface area contributed by atoms with E-state index in [9.17, 15) is 0 Å². The molecular weight excluding hydrogens is 254 g/mol. The fourth-order valence-electron chi connectivity index (χ4n) is 1.51. The van der Waals surface area contributed by atoms with Gasteiger partial charge in [0.15, 0.2) is 0 Å². The number of rotatable bonds is 5. The Hall–Kier alpha value is -1.03. The van der Waals surface area contributed by atoms with Crippen molar-refractivity contribution in [3.05, 3.63) is 51.7 Å². The molecule has 0 aliphatic carbocycles. The third kappa shape index (κ3) is 4.04. The van der Waals surface area contributed by atoms with Crippen LogP contribution in [0.25, 0.3) is 0 Å². The van der Waals surface area contributed by atoms with Crippen molar-refractivity contribution in [3.63, 3.8) is 0 Å². The standard InChI is InChI=1S/C13H14ClNOS/c14-10-3-1-4-12(7-10)16-9-11(15)8-13-5-2-6-17-13/h1-7,11H,8-9,15H2. The Labute approximate surface area is 110 Å². The Bertz CT molecular complexity index is 458. The molecule has 1 unspecified atom stereocenters. The second-order valence-electron chi connectivity index (χ2n) is 3.81. The first-order chi connectivity index (χ1) is 8.24. The second kappa shape index (κ2) is 6.05. The Kier molecular flexibility index (Phi) is 4.42. The summed E-state index contributed by atoms with van der Waals surface area (Å²) < 4.78 is 5.59. The smallest absolute Gasteiger partial charge is 0.120 e. The van der Waals surface area contributed by atoms with Crippen molar-refractivity contribution in [2.75, 3.05) is 6.61 Å². The van der Waals surface area contributed by atoms with E-state index in [4.69, 9.17) is 22.1 Å². The maximum Gasteiger partial charge on any atom is 0.120 e. The van der Waals surface area contributed by atoms with Gasteiger partial charge in [-0.05, 0) is 29.6 Å². The lowest BCUT2D eigenvalue weighted by Crippen LogP contribution is -2.29. The highest BCUT2D eigenvalue weighted by atomic mass is 35.5. The maximum atomic E-state index is 6.00. The lowest BCUT2D eigenvalue weighted by molar-refractivity contribution is 0.288. The number of ether oxygens (including phenoxy) is 1. The molecule has 90 valence electrons. The molecule has 2 nitrogen and oxygen atoms in total. The van der Waals surface area contributed by atoms with Crippen LogP contribution in [0.3, 0.4) is 0 Å². The molecule has 0 saturated heterocycles. The molecule has 0 saturated carbocycles.